The molecule has 1 atom stereocenters. The summed E-state index contributed by atoms with van der Waals surface area (Å²) >= 11 is 0. The molecule has 1 aromatic heterocycles. The molecule has 1 aliphatic heterocycles. The topological polar surface area (TPSA) is 42.1 Å². The Morgan fingerprint density at radius 1 is 1.50 bits per heavy atom. The number of nitrogens with zero attached hydrogens (tertiary/aromatic N) is 2. The van der Waals surface area contributed by atoms with E-state index in [1.54, 1.807) is 0 Å². The first-order valence-corrected chi connectivity index (χ1v) is 4.76. The van der Waals surface area contributed by atoms with Crippen molar-refractivity contribution in [3.63, 3.8) is 0 Å². The SMILES string of the molecule is Cl.NCC1CCN(c2ccccn2)C1. The molecule has 0 amide bonds. The monoisotopic (exact) mass is 213 g/mol. The minimum atomic E-state index is 0. The van der Waals surface area contributed by atoms with Crippen molar-refractivity contribution < 1.29 is 0 Å². The standard InChI is InChI=1S/C10H15N3.ClH/c11-7-9-4-6-13(8-9)10-3-1-2-5-12-10;/h1-3,5,9H,4,6-8,11H2;1H. The van der Waals surface area contributed by atoms with E-state index in [2.05, 4.69) is 16.0 Å². The first-order valence-electron chi connectivity index (χ1n) is 4.76. The van der Waals surface area contributed by atoms with Gasteiger partial charge in [-0.3, -0.25) is 0 Å². The molecule has 2 heterocycles. The van der Waals surface area contributed by atoms with Crippen LogP contribution in [0.15, 0.2) is 24.4 Å². The Morgan fingerprint density at radius 2 is 2.36 bits per heavy atom. The minimum absolute atomic E-state index is 0. The summed E-state index contributed by atoms with van der Waals surface area (Å²) < 4.78 is 0. The summed E-state index contributed by atoms with van der Waals surface area (Å²) in [5, 5.41) is 0. The van der Waals surface area contributed by atoms with Crippen LogP contribution in [0.3, 0.4) is 0 Å². The minimum Gasteiger partial charge on any atom is -0.356 e. The number of hydrogen-bond acceptors (Lipinski definition) is 3. The summed E-state index contributed by atoms with van der Waals surface area (Å²) in [6, 6.07) is 6.02. The van der Waals surface area contributed by atoms with E-state index in [9.17, 15) is 0 Å². The van der Waals surface area contributed by atoms with Gasteiger partial charge in [-0.1, -0.05) is 6.07 Å². The van der Waals surface area contributed by atoms with Crippen LogP contribution >= 0.6 is 12.4 Å². The fourth-order valence-corrected chi connectivity index (χ4v) is 1.77. The lowest BCUT2D eigenvalue weighted by Gasteiger charge is -2.16. The van der Waals surface area contributed by atoms with Gasteiger partial charge in [0, 0.05) is 19.3 Å². The molecule has 78 valence electrons. The van der Waals surface area contributed by atoms with Crippen LogP contribution in [0, 0.1) is 5.92 Å². The largest absolute Gasteiger partial charge is 0.356 e. The molecule has 14 heavy (non-hydrogen) atoms. The van der Waals surface area contributed by atoms with Gasteiger partial charge in [-0.25, -0.2) is 4.98 Å². The molecule has 1 saturated heterocycles. The van der Waals surface area contributed by atoms with Crippen molar-refractivity contribution in [2.24, 2.45) is 11.7 Å². The van der Waals surface area contributed by atoms with Crippen molar-refractivity contribution in [2.45, 2.75) is 6.42 Å². The molecule has 0 saturated carbocycles. The van der Waals surface area contributed by atoms with Crippen LogP contribution in [0.1, 0.15) is 6.42 Å². The quantitative estimate of drug-likeness (QED) is 0.805. The molecule has 4 heteroatoms. The highest BCUT2D eigenvalue weighted by molar-refractivity contribution is 5.85. The zero-order valence-corrected chi connectivity index (χ0v) is 8.91. The van der Waals surface area contributed by atoms with E-state index in [1.807, 2.05) is 18.3 Å². The Labute approximate surface area is 90.7 Å². The van der Waals surface area contributed by atoms with Gasteiger partial charge in [-0.15, -0.1) is 12.4 Å². The van der Waals surface area contributed by atoms with Gasteiger partial charge in [0.05, 0.1) is 0 Å². The molecule has 0 bridgehead atoms. The van der Waals surface area contributed by atoms with Crippen molar-refractivity contribution in [1.82, 2.24) is 4.98 Å². The second kappa shape index (κ2) is 5.17. The molecule has 1 fully saturated rings. The highest BCUT2D eigenvalue weighted by Gasteiger charge is 2.21. The zero-order chi connectivity index (χ0) is 9.10. The average molecular weight is 214 g/mol. The highest BCUT2D eigenvalue weighted by Crippen LogP contribution is 2.20. The third-order valence-electron chi connectivity index (χ3n) is 2.59. The van der Waals surface area contributed by atoms with E-state index < -0.39 is 0 Å². The van der Waals surface area contributed by atoms with Crippen molar-refractivity contribution in [3.8, 4) is 0 Å². The number of halogens is 1. The molecule has 0 aromatic carbocycles. The van der Waals surface area contributed by atoms with E-state index in [1.165, 1.54) is 6.42 Å². The van der Waals surface area contributed by atoms with Gasteiger partial charge < -0.3 is 10.6 Å². The van der Waals surface area contributed by atoms with Gasteiger partial charge in [0.15, 0.2) is 0 Å². The Morgan fingerprint density at radius 3 is 2.93 bits per heavy atom. The Hall–Kier alpha value is -0.800. The van der Waals surface area contributed by atoms with Crippen LogP contribution in [0.5, 0.6) is 0 Å². The maximum Gasteiger partial charge on any atom is 0.128 e. The predicted octanol–water partition coefficient (Wildman–Crippen LogP) is 1.29. The van der Waals surface area contributed by atoms with Crippen LogP contribution in [0.4, 0.5) is 5.82 Å². The molecule has 0 aliphatic carbocycles. The Balaban J connectivity index is 0.000000980. The molecular weight excluding hydrogens is 198 g/mol. The Bertz CT molecular complexity index is 265. The molecule has 2 N–H and O–H groups in total. The number of hydrogen-bond donors (Lipinski definition) is 1. The first-order chi connectivity index (χ1) is 6.40. The molecule has 2 rings (SSSR count). The maximum absolute atomic E-state index is 5.63. The van der Waals surface area contributed by atoms with Crippen LogP contribution in [0.25, 0.3) is 0 Å². The predicted molar refractivity (Wildman–Crippen MR) is 60.9 cm³/mol. The van der Waals surface area contributed by atoms with Gasteiger partial charge >= 0.3 is 0 Å². The zero-order valence-electron chi connectivity index (χ0n) is 8.10. The first kappa shape index (κ1) is 11.3. The lowest BCUT2D eigenvalue weighted by molar-refractivity contribution is 0.602. The van der Waals surface area contributed by atoms with E-state index in [-0.39, 0.29) is 12.4 Å². The summed E-state index contributed by atoms with van der Waals surface area (Å²) in [4.78, 5) is 6.62. The van der Waals surface area contributed by atoms with Crippen LogP contribution in [-0.4, -0.2) is 24.6 Å². The third kappa shape index (κ3) is 2.36. The number of rotatable bonds is 2. The molecule has 0 radical (unpaired) electrons. The lowest BCUT2D eigenvalue weighted by Crippen LogP contribution is -2.23. The van der Waals surface area contributed by atoms with Crippen molar-refractivity contribution >= 4 is 18.2 Å². The average Bonchev–Trinajstić information content (AvgIpc) is 2.67. The molecular formula is C10H16ClN3. The van der Waals surface area contributed by atoms with E-state index in [4.69, 9.17) is 5.73 Å². The smallest absolute Gasteiger partial charge is 0.128 e. The van der Waals surface area contributed by atoms with Crippen LogP contribution in [0.2, 0.25) is 0 Å². The van der Waals surface area contributed by atoms with Gasteiger partial charge in [0.2, 0.25) is 0 Å². The molecule has 0 spiro atoms. The number of anilines is 1. The molecule has 1 unspecified atom stereocenters. The Kier molecular flexibility index (Phi) is 4.17. The van der Waals surface area contributed by atoms with Gasteiger partial charge in [-0.2, -0.15) is 0 Å². The van der Waals surface area contributed by atoms with Crippen LogP contribution < -0.4 is 10.6 Å². The molecule has 1 aliphatic rings. The summed E-state index contributed by atoms with van der Waals surface area (Å²) in [5.41, 5.74) is 5.63. The summed E-state index contributed by atoms with van der Waals surface area (Å²) in [6.45, 7) is 2.95. The van der Waals surface area contributed by atoms with Gasteiger partial charge in [0.25, 0.3) is 0 Å². The van der Waals surface area contributed by atoms with Crippen LogP contribution in [-0.2, 0) is 0 Å². The summed E-state index contributed by atoms with van der Waals surface area (Å²) in [6.07, 6.45) is 3.04. The second-order valence-electron chi connectivity index (χ2n) is 3.52. The highest BCUT2D eigenvalue weighted by atomic mass is 35.5. The van der Waals surface area contributed by atoms with Gasteiger partial charge in [-0.05, 0) is 31.0 Å². The molecule has 3 nitrogen and oxygen atoms in total. The number of nitrogens with two attached hydrogens (primary N) is 1. The maximum atomic E-state index is 5.63. The summed E-state index contributed by atoms with van der Waals surface area (Å²) in [7, 11) is 0. The van der Waals surface area contributed by atoms with Crippen molar-refractivity contribution in [3.05, 3.63) is 24.4 Å². The van der Waals surface area contributed by atoms with E-state index >= 15 is 0 Å². The van der Waals surface area contributed by atoms with Crippen molar-refractivity contribution in [2.75, 3.05) is 24.5 Å². The number of pyridine rings is 1. The lowest BCUT2D eigenvalue weighted by atomic mass is 10.1. The van der Waals surface area contributed by atoms with E-state index in [0.29, 0.717) is 5.92 Å². The normalized spacial score (nSPS) is 20.6. The second-order valence-corrected chi connectivity index (χ2v) is 3.52. The third-order valence-corrected chi connectivity index (χ3v) is 2.59. The van der Waals surface area contributed by atoms with Gasteiger partial charge in [0.1, 0.15) is 5.82 Å². The fourth-order valence-electron chi connectivity index (χ4n) is 1.77. The van der Waals surface area contributed by atoms with Crippen molar-refractivity contribution in [1.29, 1.82) is 0 Å². The fraction of sp³-hybridized carbons (Fsp3) is 0.500. The molecule has 1 aromatic rings. The summed E-state index contributed by atoms with van der Waals surface area (Å²) in [5.74, 6) is 1.74. The number of aromatic nitrogens is 1. The van der Waals surface area contributed by atoms with E-state index in [0.717, 1.165) is 25.5 Å².